The van der Waals surface area contributed by atoms with Gasteiger partial charge in [-0.1, -0.05) is 12.1 Å². The molecule has 5 atom stereocenters. The maximum Gasteiger partial charge on any atom is 0.248 e. The summed E-state index contributed by atoms with van der Waals surface area (Å²) in [5, 5.41) is 4.18. The number of halogens is 1. The van der Waals surface area contributed by atoms with Gasteiger partial charge in [-0.2, -0.15) is 0 Å². The molecule has 5 aliphatic heterocycles. The normalized spacial score (nSPS) is 30.7. The molecule has 3 unspecified atom stereocenters. The lowest BCUT2D eigenvalue weighted by Crippen LogP contribution is -2.65. The highest BCUT2D eigenvalue weighted by Gasteiger charge is 2.53. The average molecular weight is 559 g/mol. The van der Waals surface area contributed by atoms with Gasteiger partial charge in [-0.25, -0.2) is 9.37 Å². The molecule has 4 fully saturated rings. The molecular weight excluding hydrogens is 523 g/mol. The Bertz CT molecular complexity index is 1500. The van der Waals surface area contributed by atoms with E-state index < -0.39 is 6.17 Å². The number of methoxy groups -OCH3 is 1. The van der Waals surface area contributed by atoms with E-state index in [1.807, 2.05) is 18.2 Å². The molecule has 2 bridgehead atoms. The first kappa shape index (κ1) is 25.2. The minimum absolute atomic E-state index is 0.0204. The molecule has 0 saturated carbocycles. The van der Waals surface area contributed by atoms with Crippen LogP contribution in [0.25, 0.3) is 10.9 Å². The summed E-state index contributed by atoms with van der Waals surface area (Å²) in [4.78, 5) is 30.1. The van der Waals surface area contributed by atoms with Gasteiger partial charge in [0.2, 0.25) is 11.8 Å². The van der Waals surface area contributed by atoms with Crippen LogP contribution in [0.2, 0.25) is 0 Å². The number of benzene rings is 1. The summed E-state index contributed by atoms with van der Waals surface area (Å²) in [6.07, 6.45) is 7.18. The topological polar surface area (TPSA) is 83.1 Å². The van der Waals surface area contributed by atoms with Crippen molar-refractivity contribution in [3.63, 3.8) is 0 Å². The lowest BCUT2D eigenvalue weighted by atomic mass is 9.94. The fourth-order valence-electron chi connectivity index (χ4n) is 8.22. The zero-order chi connectivity index (χ0) is 27.7. The molecule has 1 amide bonds. The van der Waals surface area contributed by atoms with Crippen LogP contribution in [0.1, 0.15) is 37.7 Å². The van der Waals surface area contributed by atoms with Crippen LogP contribution in [0.5, 0.6) is 11.6 Å². The van der Waals surface area contributed by atoms with Crippen molar-refractivity contribution in [2.24, 2.45) is 0 Å². The number of fused-ring (bicyclic) bond motifs is 9. The van der Waals surface area contributed by atoms with Crippen LogP contribution in [0, 0.1) is 0 Å². The summed E-state index contributed by atoms with van der Waals surface area (Å²) in [5.74, 6) is 1.23. The Labute approximate surface area is 238 Å². The quantitative estimate of drug-likeness (QED) is 0.490. The third kappa shape index (κ3) is 3.98. The molecule has 1 N–H and O–H groups in total. The summed E-state index contributed by atoms with van der Waals surface area (Å²) in [5.41, 5.74) is 3.24. The molecule has 0 spiro atoms. The van der Waals surface area contributed by atoms with Gasteiger partial charge < -0.3 is 19.7 Å². The summed E-state index contributed by atoms with van der Waals surface area (Å²) in [6, 6.07) is 10.3. The Balaban J connectivity index is 1.13. The fraction of sp³-hybridized carbons (Fsp3) is 0.516. The number of piperazine rings is 1. The average Bonchev–Trinajstić information content (AvgIpc) is 3.59. The van der Waals surface area contributed by atoms with Gasteiger partial charge in [0.25, 0.3) is 0 Å². The van der Waals surface area contributed by atoms with Crippen LogP contribution in [-0.2, 0) is 11.3 Å². The van der Waals surface area contributed by atoms with Crippen molar-refractivity contribution >= 4 is 28.2 Å². The Morgan fingerprint density at radius 2 is 2.05 bits per heavy atom. The highest BCUT2D eigenvalue weighted by Crippen LogP contribution is 2.49. The van der Waals surface area contributed by atoms with Gasteiger partial charge in [-0.3, -0.25) is 19.6 Å². The van der Waals surface area contributed by atoms with Crippen molar-refractivity contribution in [1.29, 1.82) is 0 Å². The second kappa shape index (κ2) is 9.52. The maximum atomic E-state index is 14.4. The number of alkyl halides is 1. The van der Waals surface area contributed by atoms with Crippen molar-refractivity contribution in [2.75, 3.05) is 43.6 Å². The van der Waals surface area contributed by atoms with E-state index in [0.717, 1.165) is 67.7 Å². The molecule has 8 rings (SSSR count). The maximum absolute atomic E-state index is 14.4. The summed E-state index contributed by atoms with van der Waals surface area (Å²) < 4.78 is 26.2. The van der Waals surface area contributed by atoms with Gasteiger partial charge in [-0.15, -0.1) is 0 Å². The molecule has 5 aliphatic rings. The highest BCUT2D eigenvalue weighted by molar-refractivity contribution is 6.12. The number of carbonyl (C=O) groups is 1. The Kier molecular flexibility index (Phi) is 5.86. The molecule has 0 aliphatic carbocycles. The number of nitrogens with one attached hydrogen (secondary N) is 1. The van der Waals surface area contributed by atoms with E-state index >= 15 is 0 Å². The zero-order valence-electron chi connectivity index (χ0n) is 23.3. The van der Waals surface area contributed by atoms with Gasteiger partial charge in [0.15, 0.2) is 0 Å². The smallest absolute Gasteiger partial charge is 0.248 e. The van der Waals surface area contributed by atoms with E-state index in [9.17, 15) is 9.18 Å². The van der Waals surface area contributed by atoms with E-state index in [2.05, 4.69) is 37.1 Å². The third-order valence-electron chi connectivity index (χ3n) is 10.1. The molecule has 41 heavy (non-hydrogen) atoms. The van der Waals surface area contributed by atoms with E-state index in [0.29, 0.717) is 37.2 Å². The van der Waals surface area contributed by atoms with E-state index in [1.165, 1.54) is 5.56 Å². The van der Waals surface area contributed by atoms with Crippen molar-refractivity contribution < 1.29 is 18.7 Å². The lowest BCUT2D eigenvalue weighted by Gasteiger charge is -2.50. The third-order valence-corrected chi connectivity index (χ3v) is 10.1. The van der Waals surface area contributed by atoms with Crippen LogP contribution in [0.15, 0.2) is 42.7 Å². The summed E-state index contributed by atoms with van der Waals surface area (Å²) >= 11 is 0. The molecule has 10 heteroatoms. The number of nitrogens with zero attached hydrogens (tertiary/aromatic N) is 5. The van der Waals surface area contributed by atoms with Crippen molar-refractivity contribution in [3.05, 3.63) is 48.3 Å². The number of ether oxygens (including phenoxy) is 2. The van der Waals surface area contributed by atoms with Crippen LogP contribution in [0.3, 0.4) is 0 Å². The molecule has 4 saturated heterocycles. The number of amides is 1. The summed E-state index contributed by atoms with van der Waals surface area (Å²) in [6.45, 7) is 3.28. The predicted octanol–water partition coefficient (Wildman–Crippen LogP) is 3.77. The van der Waals surface area contributed by atoms with Gasteiger partial charge >= 0.3 is 0 Å². The largest absolute Gasteiger partial charge is 0.497 e. The Morgan fingerprint density at radius 3 is 2.90 bits per heavy atom. The monoisotopic (exact) mass is 558 g/mol. The van der Waals surface area contributed by atoms with Crippen LogP contribution in [-0.4, -0.2) is 88.9 Å². The van der Waals surface area contributed by atoms with Crippen molar-refractivity contribution in [3.8, 4) is 11.6 Å². The van der Waals surface area contributed by atoms with Crippen LogP contribution in [0.4, 0.5) is 15.8 Å². The number of hydrogen-bond acceptors (Lipinski definition) is 8. The van der Waals surface area contributed by atoms with Gasteiger partial charge in [0.1, 0.15) is 30.3 Å². The van der Waals surface area contributed by atoms with Gasteiger partial charge in [0, 0.05) is 49.7 Å². The van der Waals surface area contributed by atoms with E-state index in [1.54, 1.807) is 19.5 Å². The molecule has 1 aromatic carbocycles. The molecule has 2 aromatic heterocycles. The summed E-state index contributed by atoms with van der Waals surface area (Å²) in [7, 11) is 1.68. The first-order chi connectivity index (χ1) is 20.0. The van der Waals surface area contributed by atoms with Crippen LogP contribution < -0.4 is 19.7 Å². The molecule has 9 nitrogen and oxygen atoms in total. The van der Waals surface area contributed by atoms with Gasteiger partial charge in [-0.05, 0) is 56.0 Å². The Morgan fingerprint density at radius 1 is 1.17 bits per heavy atom. The minimum Gasteiger partial charge on any atom is -0.497 e. The van der Waals surface area contributed by atoms with E-state index in [4.69, 9.17) is 14.5 Å². The molecule has 3 aromatic rings. The molecular formula is C31H35FN6O3. The second-order valence-corrected chi connectivity index (χ2v) is 12.3. The molecule has 214 valence electrons. The van der Waals surface area contributed by atoms with E-state index in [-0.39, 0.29) is 23.5 Å². The first-order valence-electron chi connectivity index (χ1n) is 14.8. The molecule has 7 heterocycles. The lowest BCUT2D eigenvalue weighted by molar-refractivity contribution is -0.119. The second-order valence-electron chi connectivity index (χ2n) is 12.3. The highest BCUT2D eigenvalue weighted by atomic mass is 19.1. The number of pyridine rings is 2. The predicted molar refractivity (Wildman–Crippen MR) is 153 cm³/mol. The van der Waals surface area contributed by atoms with Crippen molar-refractivity contribution in [2.45, 2.75) is 68.5 Å². The number of rotatable bonds is 6. The van der Waals surface area contributed by atoms with Crippen LogP contribution >= 0.6 is 0 Å². The standard InChI is InChI=1S/C31H35FN6O3/c1-40-22-6-3-19(4-7-22)15-37-21-5-8-25(37)28-29(39)35-26-27(38(28)17-21)23-9-11-33-14-24(23)34-30(26)41-18-31-10-2-12-36(31)16-20(32)13-31/h3-4,6-7,9,11,14,20-21,25,28H,2,5,8,10,12-13,15-18H2,1H3,(H,35,39)/t20-,21?,25?,28?,31+/m1/s1. The number of aromatic nitrogens is 2. The first-order valence-corrected chi connectivity index (χ1v) is 14.8. The zero-order valence-corrected chi connectivity index (χ0v) is 23.3. The van der Waals surface area contributed by atoms with Gasteiger partial charge in [0.05, 0.1) is 30.0 Å². The number of carbonyl (C=O) groups excluding carboxylic acids is 1. The Hall–Kier alpha value is -3.50. The number of hydrogen-bond donors (Lipinski definition) is 1. The number of anilines is 2. The fourth-order valence-corrected chi connectivity index (χ4v) is 8.22. The van der Waals surface area contributed by atoms with Crippen molar-refractivity contribution in [1.82, 2.24) is 19.8 Å². The molecule has 0 radical (unpaired) electrons. The SMILES string of the molecule is COc1ccc(CN2C3CCC2C2C(=O)Nc4c(OC[C@@]56CCCN5C[C@H](F)C6)nc5cnccc5c4N2C3)cc1. The minimum atomic E-state index is -0.827.